The Labute approximate surface area is 116 Å². The third kappa shape index (κ3) is 1.79. The second-order valence-electron chi connectivity index (χ2n) is 4.37. The highest BCUT2D eigenvalue weighted by molar-refractivity contribution is 5.82. The van der Waals surface area contributed by atoms with E-state index < -0.39 is 0 Å². The first-order chi connectivity index (χ1) is 9.74. The molecule has 3 rings (SSSR count). The lowest BCUT2D eigenvalue weighted by Gasteiger charge is -2.06. The van der Waals surface area contributed by atoms with Gasteiger partial charge in [-0.1, -0.05) is 0 Å². The standard InChI is InChI=1S/C15H12N4O/c1-19-13-6-5-10(9-16)8-12(13)18-14(19)11-4-3-7-17-15(11)20-2/h3-8H,1-2H3. The van der Waals surface area contributed by atoms with Crippen LogP contribution in [0.4, 0.5) is 0 Å². The van der Waals surface area contributed by atoms with Crippen LogP contribution < -0.4 is 4.74 Å². The predicted molar refractivity (Wildman–Crippen MR) is 75.2 cm³/mol. The van der Waals surface area contributed by atoms with Crippen molar-refractivity contribution in [2.24, 2.45) is 7.05 Å². The van der Waals surface area contributed by atoms with Gasteiger partial charge in [0.2, 0.25) is 5.88 Å². The molecule has 0 aliphatic carbocycles. The van der Waals surface area contributed by atoms with Gasteiger partial charge in [0, 0.05) is 13.2 Å². The first-order valence-electron chi connectivity index (χ1n) is 6.10. The number of aromatic nitrogens is 3. The summed E-state index contributed by atoms with van der Waals surface area (Å²) in [6.45, 7) is 0. The zero-order valence-corrected chi connectivity index (χ0v) is 11.2. The van der Waals surface area contributed by atoms with Crippen LogP contribution in [0.15, 0.2) is 36.5 Å². The van der Waals surface area contributed by atoms with Crippen molar-refractivity contribution in [3.8, 4) is 23.3 Å². The van der Waals surface area contributed by atoms with Crippen molar-refractivity contribution >= 4 is 11.0 Å². The van der Waals surface area contributed by atoms with E-state index in [1.54, 1.807) is 25.4 Å². The quantitative estimate of drug-likeness (QED) is 0.713. The number of hydrogen-bond acceptors (Lipinski definition) is 4. The highest BCUT2D eigenvalue weighted by Gasteiger charge is 2.14. The monoisotopic (exact) mass is 264 g/mol. The zero-order chi connectivity index (χ0) is 14.1. The Hall–Kier alpha value is -2.87. The largest absolute Gasteiger partial charge is 0.480 e. The van der Waals surface area contributed by atoms with Crippen LogP contribution >= 0.6 is 0 Å². The number of rotatable bonds is 2. The normalized spacial score (nSPS) is 10.4. The summed E-state index contributed by atoms with van der Waals surface area (Å²) in [6, 6.07) is 11.3. The lowest BCUT2D eigenvalue weighted by atomic mass is 10.2. The number of nitriles is 1. The number of nitrogens with zero attached hydrogens (tertiary/aromatic N) is 4. The summed E-state index contributed by atoms with van der Waals surface area (Å²) in [4.78, 5) is 8.78. The highest BCUT2D eigenvalue weighted by Crippen LogP contribution is 2.29. The Morgan fingerprint density at radius 2 is 2.15 bits per heavy atom. The van der Waals surface area contributed by atoms with Gasteiger partial charge in [0.1, 0.15) is 5.82 Å². The zero-order valence-electron chi connectivity index (χ0n) is 11.2. The number of methoxy groups -OCH3 is 1. The number of hydrogen-bond donors (Lipinski definition) is 0. The lowest BCUT2D eigenvalue weighted by molar-refractivity contribution is 0.399. The van der Waals surface area contributed by atoms with Gasteiger partial charge in [0.25, 0.3) is 0 Å². The number of imidazole rings is 1. The van der Waals surface area contributed by atoms with Crippen LogP contribution in [0.1, 0.15) is 5.56 Å². The summed E-state index contributed by atoms with van der Waals surface area (Å²) in [6.07, 6.45) is 1.68. The third-order valence-corrected chi connectivity index (χ3v) is 3.22. The second-order valence-corrected chi connectivity index (χ2v) is 4.37. The predicted octanol–water partition coefficient (Wildman–Crippen LogP) is 2.52. The molecule has 0 aliphatic heterocycles. The van der Waals surface area contributed by atoms with Crippen molar-refractivity contribution in [3.05, 3.63) is 42.1 Å². The van der Waals surface area contributed by atoms with E-state index in [4.69, 9.17) is 10.00 Å². The molecule has 0 spiro atoms. The van der Waals surface area contributed by atoms with Crippen molar-refractivity contribution in [1.82, 2.24) is 14.5 Å². The van der Waals surface area contributed by atoms with Crippen molar-refractivity contribution in [1.29, 1.82) is 5.26 Å². The van der Waals surface area contributed by atoms with Gasteiger partial charge in [-0.15, -0.1) is 0 Å². The van der Waals surface area contributed by atoms with E-state index in [0.29, 0.717) is 11.4 Å². The average Bonchev–Trinajstić information content (AvgIpc) is 2.83. The maximum Gasteiger partial charge on any atom is 0.224 e. The molecule has 0 saturated carbocycles. The Morgan fingerprint density at radius 1 is 1.30 bits per heavy atom. The van der Waals surface area contributed by atoms with Gasteiger partial charge in [0.15, 0.2) is 0 Å². The van der Waals surface area contributed by atoms with Crippen LogP contribution in [0, 0.1) is 11.3 Å². The number of pyridine rings is 1. The number of fused-ring (bicyclic) bond motifs is 1. The molecule has 0 unspecified atom stereocenters. The van der Waals surface area contributed by atoms with Gasteiger partial charge in [0.05, 0.1) is 35.3 Å². The van der Waals surface area contributed by atoms with E-state index in [0.717, 1.165) is 22.4 Å². The molecular formula is C15H12N4O. The molecule has 0 amide bonds. The molecule has 1 aromatic carbocycles. The fraction of sp³-hybridized carbons (Fsp3) is 0.133. The van der Waals surface area contributed by atoms with Crippen molar-refractivity contribution < 1.29 is 4.74 Å². The first kappa shape index (κ1) is 12.2. The summed E-state index contributed by atoms with van der Waals surface area (Å²) >= 11 is 0. The molecule has 2 heterocycles. The molecular weight excluding hydrogens is 252 g/mol. The SMILES string of the molecule is COc1ncccc1-c1nc2cc(C#N)ccc2n1C. The van der Waals surface area contributed by atoms with Crippen LogP contribution in [0.3, 0.4) is 0 Å². The molecule has 5 heteroatoms. The fourth-order valence-electron chi connectivity index (χ4n) is 2.23. The maximum absolute atomic E-state index is 8.96. The molecule has 0 atom stereocenters. The van der Waals surface area contributed by atoms with Crippen LogP contribution in [-0.4, -0.2) is 21.6 Å². The van der Waals surface area contributed by atoms with E-state index in [1.807, 2.05) is 29.8 Å². The first-order valence-corrected chi connectivity index (χ1v) is 6.10. The van der Waals surface area contributed by atoms with Gasteiger partial charge in [-0.3, -0.25) is 0 Å². The Morgan fingerprint density at radius 3 is 2.90 bits per heavy atom. The Kier molecular flexibility index (Phi) is 2.84. The summed E-state index contributed by atoms with van der Waals surface area (Å²) in [5.41, 5.74) is 3.17. The molecule has 0 aliphatic rings. The third-order valence-electron chi connectivity index (χ3n) is 3.22. The van der Waals surface area contributed by atoms with Crippen molar-refractivity contribution in [2.75, 3.05) is 7.11 Å². The average molecular weight is 264 g/mol. The highest BCUT2D eigenvalue weighted by atomic mass is 16.5. The molecule has 20 heavy (non-hydrogen) atoms. The minimum absolute atomic E-state index is 0.534. The lowest BCUT2D eigenvalue weighted by Crippen LogP contribution is -1.96. The molecule has 2 aromatic heterocycles. The second kappa shape index (κ2) is 4.67. The van der Waals surface area contributed by atoms with Gasteiger partial charge < -0.3 is 9.30 Å². The number of aryl methyl sites for hydroxylation is 1. The van der Waals surface area contributed by atoms with Gasteiger partial charge >= 0.3 is 0 Å². The van der Waals surface area contributed by atoms with E-state index in [2.05, 4.69) is 16.0 Å². The molecule has 0 N–H and O–H groups in total. The molecule has 5 nitrogen and oxygen atoms in total. The smallest absolute Gasteiger partial charge is 0.224 e. The topological polar surface area (TPSA) is 63.7 Å². The van der Waals surface area contributed by atoms with Crippen LogP contribution in [0.25, 0.3) is 22.4 Å². The van der Waals surface area contributed by atoms with E-state index in [-0.39, 0.29) is 0 Å². The van der Waals surface area contributed by atoms with Gasteiger partial charge in [-0.25, -0.2) is 9.97 Å². The summed E-state index contributed by atoms with van der Waals surface area (Å²) in [7, 11) is 3.52. The van der Waals surface area contributed by atoms with Crippen LogP contribution in [-0.2, 0) is 7.05 Å². The van der Waals surface area contributed by atoms with Crippen molar-refractivity contribution in [2.45, 2.75) is 0 Å². The van der Waals surface area contributed by atoms with Gasteiger partial charge in [-0.05, 0) is 30.3 Å². The van der Waals surface area contributed by atoms with Crippen LogP contribution in [0.2, 0.25) is 0 Å². The Bertz CT molecular complexity index is 829. The van der Waals surface area contributed by atoms with Crippen LogP contribution in [0.5, 0.6) is 5.88 Å². The minimum Gasteiger partial charge on any atom is -0.480 e. The van der Waals surface area contributed by atoms with Gasteiger partial charge in [-0.2, -0.15) is 5.26 Å². The molecule has 0 fully saturated rings. The number of ether oxygens (including phenoxy) is 1. The van der Waals surface area contributed by atoms with E-state index >= 15 is 0 Å². The molecule has 0 bridgehead atoms. The maximum atomic E-state index is 8.96. The molecule has 3 aromatic rings. The number of benzene rings is 1. The molecule has 98 valence electrons. The molecule has 0 radical (unpaired) electrons. The summed E-state index contributed by atoms with van der Waals surface area (Å²) in [5, 5.41) is 8.96. The summed E-state index contributed by atoms with van der Waals surface area (Å²) < 4.78 is 7.25. The Balaban J connectivity index is 2.27. The molecule has 0 saturated heterocycles. The fourth-order valence-corrected chi connectivity index (χ4v) is 2.23. The van der Waals surface area contributed by atoms with E-state index in [1.165, 1.54) is 0 Å². The minimum atomic E-state index is 0.534. The van der Waals surface area contributed by atoms with E-state index in [9.17, 15) is 0 Å². The summed E-state index contributed by atoms with van der Waals surface area (Å²) in [5.74, 6) is 1.30. The van der Waals surface area contributed by atoms with Crippen molar-refractivity contribution in [3.63, 3.8) is 0 Å².